The van der Waals surface area contributed by atoms with Crippen LogP contribution in [0.4, 0.5) is 0 Å². The van der Waals surface area contributed by atoms with Crippen LogP contribution in [0.1, 0.15) is 22.8 Å². The maximum Gasteiger partial charge on any atom is 0.0920 e. The summed E-state index contributed by atoms with van der Waals surface area (Å²) in [7, 11) is 1.74. The summed E-state index contributed by atoms with van der Waals surface area (Å²) in [4.78, 5) is 0. The molecule has 0 N–H and O–H groups in total. The molecule has 2 heteroatoms. The molecule has 13 heavy (non-hydrogen) atoms. The van der Waals surface area contributed by atoms with Crippen LogP contribution in [-0.2, 0) is 4.74 Å². The third-order valence-corrected chi connectivity index (χ3v) is 2.78. The lowest BCUT2D eigenvalue weighted by Crippen LogP contribution is -2.04. The van der Waals surface area contributed by atoms with Gasteiger partial charge in [0.15, 0.2) is 0 Å². The van der Waals surface area contributed by atoms with Gasteiger partial charge in [0.1, 0.15) is 0 Å². The van der Waals surface area contributed by atoms with E-state index in [0.717, 1.165) is 5.33 Å². The van der Waals surface area contributed by atoms with Crippen LogP contribution >= 0.6 is 15.9 Å². The minimum absolute atomic E-state index is 0.167. The summed E-state index contributed by atoms with van der Waals surface area (Å²) >= 11 is 3.44. The summed E-state index contributed by atoms with van der Waals surface area (Å²) in [5.41, 5.74) is 3.86. The molecule has 0 fully saturated rings. The van der Waals surface area contributed by atoms with E-state index in [2.05, 4.69) is 48.0 Å². The molecule has 0 aliphatic carbocycles. The molecule has 0 spiro atoms. The predicted octanol–water partition coefficient (Wildman–Crippen LogP) is 3.39. The Kier molecular flexibility index (Phi) is 3.94. The fraction of sp³-hybridized carbons (Fsp3) is 0.455. The molecule has 0 saturated heterocycles. The highest BCUT2D eigenvalue weighted by Gasteiger charge is 2.10. The summed E-state index contributed by atoms with van der Waals surface area (Å²) < 4.78 is 5.36. The second-order valence-electron chi connectivity index (χ2n) is 3.24. The number of halogens is 1. The van der Waals surface area contributed by atoms with Gasteiger partial charge in [0.2, 0.25) is 0 Å². The van der Waals surface area contributed by atoms with Crippen molar-refractivity contribution in [3.05, 3.63) is 34.9 Å². The van der Waals surface area contributed by atoms with Gasteiger partial charge in [-0.2, -0.15) is 0 Å². The first-order valence-electron chi connectivity index (χ1n) is 4.35. The standard InChI is InChI=1S/C11H15BrO/c1-8-4-5-10(9(2)6-8)11(7-12)13-3/h4-6,11H,7H2,1-3H3. The largest absolute Gasteiger partial charge is 0.376 e. The van der Waals surface area contributed by atoms with Crippen LogP contribution in [-0.4, -0.2) is 12.4 Å². The predicted molar refractivity (Wildman–Crippen MR) is 59.5 cm³/mol. The molecule has 72 valence electrons. The van der Waals surface area contributed by atoms with Gasteiger partial charge in [-0.25, -0.2) is 0 Å². The van der Waals surface area contributed by atoms with Crippen molar-refractivity contribution in [2.24, 2.45) is 0 Å². The summed E-state index contributed by atoms with van der Waals surface area (Å²) in [6, 6.07) is 6.45. The van der Waals surface area contributed by atoms with E-state index < -0.39 is 0 Å². The SMILES string of the molecule is COC(CBr)c1ccc(C)cc1C. The number of methoxy groups -OCH3 is 1. The molecule has 1 aromatic carbocycles. The van der Waals surface area contributed by atoms with Crippen LogP contribution in [0.2, 0.25) is 0 Å². The van der Waals surface area contributed by atoms with E-state index in [1.165, 1.54) is 16.7 Å². The first-order valence-corrected chi connectivity index (χ1v) is 5.47. The number of hydrogen-bond donors (Lipinski definition) is 0. The van der Waals surface area contributed by atoms with Gasteiger partial charge in [0.25, 0.3) is 0 Å². The molecule has 0 aliphatic rings. The van der Waals surface area contributed by atoms with Gasteiger partial charge >= 0.3 is 0 Å². The highest BCUT2D eigenvalue weighted by atomic mass is 79.9. The van der Waals surface area contributed by atoms with E-state index in [0.29, 0.717) is 0 Å². The zero-order chi connectivity index (χ0) is 9.84. The lowest BCUT2D eigenvalue weighted by atomic mass is 10.0. The smallest absolute Gasteiger partial charge is 0.0920 e. The summed E-state index contributed by atoms with van der Waals surface area (Å²) in [6.45, 7) is 4.23. The zero-order valence-corrected chi connectivity index (χ0v) is 9.89. The fourth-order valence-corrected chi connectivity index (χ4v) is 2.07. The van der Waals surface area contributed by atoms with Crippen molar-refractivity contribution in [1.29, 1.82) is 0 Å². The molecule has 1 unspecified atom stereocenters. The Morgan fingerprint density at radius 2 is 2.08 bits per heavy atom. The number of ether oxygens (including phenoxy) is 1. The van der Waals surface area contributed by atoms with Crippen molar-refractivity contribution in [2.75, 3.05) is 12.4 Å². The normalized spacial score (nSPS) is 12.9. The van der Waals surface area contributed by atoms with Crippen LogP contribution in [0.15, 0.2) is 18.2 Å². The first kappa shape index (κ1) is 10.7. The Morgan fingerprint density at radius 1 is 1.38 bits per heavy atom. The molecule has 0 heterocycles. The first-order chi connectivity index (χ1) is 6.19. The lowest BCUT2D eigenvalue weighted by Gasteiger charge is -2.15. The zero-order valence-electron chi connectivity index (χ0n) is 8.30. The minimum Gasteiger partial charge on any atom is -0.376 e. The molecule has 1 atom stereocenters. The third-order valence-electron chi connectivity index (χ3n) is 2.20. The number of hydrogen-bond acceptors (Lipinski definition) is 1. The molecular weight excluding hydrogens is 228 g/mol. The quantitative estimate of drug-likeness (QED) is 0.739. The molecule has 0 radical (unpaired) electrons. The van der Waals surface area contributed by atoms with Crippen LogP contribution in [0.25, 0.3) is 0 Å². The number of alkyl halides is 1. The molecule has 1 aromatic rings. The van der Waals surface area contributed by atoms with Crippen LogP contribution < -0.4 is 0 Å². The van der Waals surface area contributed by atoms with Gasteiger partial charge < -0.3 is 4.74 Å². The van der Waals surface area contributed by atoms with Gasteiger partial charge in [-0.3, -0.25) is 0 Å². The molecule has 0 aliphatic heterocycles. The molecule has 1 rings (SSSR count). The van der Waals surface area contributed by atoms with Gasteiger partial charge in [0, 0.05) is 12.4 Å². The Balaban J connectivity index is 2.99. The molecule has 0 amide bonds. The van der Waals surface area contributed by atoms with Crippen LogP contribution in [0, 0.1) is 13.8 Å². The van der Waals surface area contributed by atoms with Crippen molar-refractivity contribution in [1.82, 2.24) is 0 Å². The van der Waals surface area contributed by atoms with Crippen molar-refractivity contribution in [2.45, 2.75) is 20.0 Å². The third kappa shape index (κ3) is 2.55. The average Bonchev–Trinajstić information content (AvgIpc) is 2.10. The van der Waals surface area contributed by atoms with E-state index in [1.807, 2.05) is 0 Å². The molecule has 1 nitrogen and oxygen atoms in total. The minimum atomic E-state index is 0.167. The molecular formula is C11H15BrO. The van der Waals surface area contributed by atoms with E-state index in [9.17, 15) is 0 Å². The number of rotatable bonds is 3. The molecule has 0 aromatic heterocycles. The van der Waals surface area contributed by atoms with Crippen LogP contribution in [0.5, 0.6) is 0 Å². The highest BCUT2D eigenvalue weighted by molar-refractivity contribution is 9.09. The van der Waals surface area contributed by atoms with Crippen molar-refractivity contribution in [3.8, 4) is 0 Å². The van der Waals surface area contributed by atoms with Crippen molar-refractivity contribution >= 4 is 15.9 Å². The fourth-order valence-electron chi connectivity index (χ4n) is 1.46. The van der Waals surface area contributed by atoms with Crippen LogP contribution in [0.3, 0.4) is 0 Å². The Bertz CT molecular complexity index is 279. The van der Waals surface area contributed by atoms with Gasteiger partial charge in [-0.1, -0.05) is 39.7 Å². The Labute approximate surface area is 88.2 Å². The lowest BCUT2D eigenvalue weighted by molar-refractivity contribution is 0.124. The number of aryl methyl sites for hydroxylation is 2. The topological polar surface area (TPSA) is 9.23 Å². The van der Waals surface area contributed by atoms with Gasteiger partial charge in [-0.15, -0.1) is 0 Å². The van der Waals surface area contributed by atoms with E-state index in [-0.39, 0.29) is 6.10 Å². The summed E-state index contributed by atoms with van der Waals surface area (Å²) in [5.74, 6) is 0. The van der Waals surface area contributed by atoms with E-state index >= 15 is 0 Å². The monoisotopic (exact) mass is 242 g/mol. The second kappa shape index (κ2) is 4.77. The Morgan fingerprint density at radius 3 is 2.54 bits per heavy atom. The van der Waals surface area contributed by atoms with Gasteiger partial charge in [-0.05, 0) is 25.0 Å². The molecule has 0 saturated carbocycles. The summed E-state index contributed by atoms with van der Waals surface area (Å²) in [6.07, 6.45) is 0.167. The molecule has 0 bridgehead atoms. The van der Waals surface area contributed by atoms with E-state index in [1.54, 1.807) is 7.11 Å². The maximum atomic E-state index is 5.36. The highest BCUT2D eigenvalue weighted by Crippen LogP contribution is 2.23. The van der Waals surface area contributed by atoms with Crippen molar-refractivity contribution in [3.63, 3.8) is 0 Å². The van der Waals surface area contributed by atoms with Crippen molar-refractivity contribution < 1.29 is 4.74 Å². The van der Waals surface area contributed by atoms with Gasteiger partial charge in [0.05, 0.1) is 6.10 Å². The maximum absolute atomic E-state index is 5.36. The average molecular weight is 243 g/mol. The second-order valence-corrected chi connectivity index (χ2v) is 3.89. The van der Waals surface area contributed by atoms with E-state index in [4.69, 9.17) is 4.74 Å². The number of benzene rings is 1. The summed E-state index contributed by atoms with van der Waals surface area (Å²) in [5, 5.41) is 0.841. The Hall–Kier alpha value is -0.340.